The maximum absolute atomic E-state index is 5.38. The van der Waals surface area contributed by atoms with Gasteiger partial charge in [-0.2, -0.15) is 0 Å². The van der Waals surface area contributed by atoms with Crippen LogP contribution in [0.1, 0.15) is 5.56 Å². The molecule has 0 saturated carbocycles. The van der Waals surface area contributed by atoms with Crippen LogP contribution in [0.3, 0.4) is 0 Å². The number of nitrogens with zero attached hydrogens (tertiary/aromatic N) is 3. The average Bonchev–Trinajstić information content (AvgIpc) is 2.69. The number of benzene rings is 2. The smallest absolute Gasteiger partial charge is 0.151 e. The first kappa shape index (κ1) is 16.9. The van der Waals surface area contributed by atoms with Crippen LogP contribution in [-0.4, -0.2) is 54.5 Å². The summed E-state index contributed by atoms with van der Waals surface area (Å²) >= 11 is 0. The average molecular weight is 348 g/mol. The number of aryl methyl sites for hydroxylation is 1. The number of rotatable bonds is 5. The van der Waals surface area contributed by atoms with Crippen LogP contribution in [0.4, 0.5) is 5.82 Å². The fourth-order valence-electron chi connectivity index (χ4n) is 3.40. The summed E-state index contributed by atoms with van der Waals surface area (Å²) in [6, 6.07) is 16.8. The quantitative estimate of drug-likeness (QED) is 0.766. The molecule has 0 atom stereocenters. The van der Waals surface area contributed by atoms with Crippen molar-refractivity contribution < 1.29 is 4.74 Å². The molecule has 0 radical (unpaired) electrons. The number of hydrogen-bond acceptors (Lipinski definition) is 5. The molecule has 1 fully saturated rings. The second kappa shape index (κ2) is 7.81. The van der Waals surface area contributed by atoms with E-state index in [1.165, 1.54) is 10.8 Å². The Labute approximate surface area is 154 Å². The number of hydrogen-bond donors (Lipinski definition) is 1. The molecule has 2 heterocycles. The minimum absolute atomic E-state index is 0.832. The van der Waals surface area contributed by atoms with Crippen molar-refractivity contribution in [2.45, 2.75) is 6.92 Å². The van der Waals surface area contributed by atoms with Crippen molar-refractivity contribution >= 4 is 16.6 Å². The molecule has 1 aliphatic heterocycles. The van der Waals surface area contributed by atoms with Gasteiger partial charge in [0.05, 0.1) is 18.9 Å². The molecule has 26 heavy (non-hydrogen) atoms. The number of aromatic nitrogens is 2. The molecule has 5 nitrogen and oxygen atoms in total. The van der Waals surface area contributed by atoms with Crippen LogP contribution in [-0.2, 0) is 4.74 Å². The van der Waals surface area contributed by atoms with Gasteiger partial charge in [-0.25, -0.2) is 0 Å². The highest BCUT2D eigenvalue weighted by Crippen LogP contribution is 2.28. The Hall–Kier alpha value is -2.50. The molecule has 5 heteroatoms. The Morgan fingerprint density at radius 3 is 2.69 bits per heavy atom. The molecule has 1 aliphatic rings. The predicted octanol–water partition coefficient (Wildman–Crippen LogP) is 3.35. The first-order valence-corrected chi connectivity index (χ1v) is 9.18. The zero-order chi connectivity index (χ0) is 17.8. The topological polar surface area (TPSA) is 50.3 Å². The second-order valence-electron chi connectivity index (χ2n) is 6.67. The van der Waals surface area contributed by atoms with Crippen LogP contribution in [0.2, 0.25) is 0 Å². The van der Waals surface area contributed by atoms with Gasteiger partial charge in [-0.3, -0.25) is 4.90 Å². The first-order chi connectivity index (χ1) is 12.8. The van der Waals surface area contributed by atoms with E-state index < -0.39 is 0 Å². The maximum atomic E-state index is 5.38. The molecule has 1 N–H and O–H groups in total. The van der Waals surface area contributed by atoms with Crippen molar-refractivity contribution in [3.05, 3.63) is 54.1 Å². The zero-order valence-corrected chi connectivity index (χ0v) is 15.1. The fraction of sp³-hybridized carbons (Fsp3) is 0.333. The molecular formula is C21H24N4O. The van der Waals surface area contributed by atoms with Gasteiger partial charge in [0, 0.05) is 31.7 Å². The molecule has 4 rings (SSSR count). The third kappa shape index (κ3) is 3.69. The van der Waals surface area contributed by atoms with Crippen molar-refractivity contribution in [1.82, 2.24) is 15.1 Å². The van der Waals surface area contributed by atoms with E-state index in [9.17, 15) is 0 Å². The van der Waals surface area contributed by atoms with Gasteiger partial charge >= 0.3 is 0 Å². The SMILES string of the molecule is Cc1cc(-c2cccc3ccccc23)nnc1NCCN1CCOCC1. The Kier molecular flexibility index (Phi) is 5.09. The van der Waals surface area contributed by atoms with Crippen molar-refractivity contribution in [3.8, 4) is 11.3 Å². The number of fused-ring (bicyclic) bond motifs is 1. The molecule has 1 aromatic heterocycles. The highest BCUT2D eigenvalue weighted by atomic mass is 16.5. The van der Waals surface area contributed by atoms with E-state index >= 15 is 0 Å². The van der Waals surface area contributed by atoms with Crippen molar-refractivity contribution in [1.29, 1.82) is 0 Å². The molecular weight excluding hydrogens is 324 g/mol. The highest BCUT2D eigenvalue weighted by Gasteiger charge is 2.11. The summed E-state index contributed by atoms with van der Waals surface area (Å²) in [4.78, 5) is 2.41. The Morgan fingerprint density at radius 2 is 1.85 bits per heavy atom. The summed E-state index contributed by atoms with van der Waals surface area (Å²) < 4.78 is 5.38. The molecule has 134 valence electrons. The molecule has 2 aromatic carbocycles. The van der Waals surface area contributed by atoms with E-state index in [1.807, 2.05) is 0 Å². The van der Waals surface area contributed by atoms with Gasteiger partial charge in [0.1, 0.15) is 0 Å². The van der Waals surface area contributed by atoms with Gasteiger partial charge in [0.25, 0.3) is 0 Å². The minimum Gasteiger partial charge on any atom is -0.379 e. The summed E-state index contributed by atoms with van der Waals surface area (Å²) in [7, 11) is 0. The zero-order valence-electron chi connectivity index (χ0n) is 15.1. The lowest BCUT2D eigenvalue weighted by Gasteiger charge is -2.26. The molecule has 0 aliphatic carbocycles. The standard InChI is InChI=1S/C21H24N4O/c1-16-15-20(19-8-4-6-17-5-2-3-7-18(17)19)23-24-21(16)22-9-10-25-11-13-26-14-12-25/h2-8,15H,9-14H2,1H3,(H,22,24). The van der Waals surface area contributed by atoms with Gasteiger partial charge in [-0.15, -0.1) is 10.2 Å². The van der Waals surface area contributed by atoms with Crippen LogP contribution in [0.25, 0.3) is 22.0 Å². The number of ether oxygens (including phenoxy) is 1. The number of morpholine rings is 1. The van der Waals surface area contributed by atoms with E-state index in [-0.39, 0.29) is 0 Å². The van der Waals surface area contributed by atoms with Crippen LogP contribution in [0.5, 0.6) is 0 Å². The summed E-state index contributed by atoms with van der Waals surface area (Å²) in [6.07, 6.45) is 0. The maximum Gasteiger partial charge on any atom is 0.151 e. The van der Waals surface area contributed by atoms with Crippen LogP contribution in [0, 0.1) is 6.92 Å². The summed E-state index contributed by atoms with van der Waals surface area (Å²) in [6.45, 7) is 7.62. The second-order valence-corrected chi connectivity index (χ2v) is 6.67. The minimum atomic E-state index is 0.832. The highest BCUT2D eigenvalue weighted by molar-refractivity contribution is 5.95. The predicted molar refractivity (Wildman–Crippen MR) is 105 cm³/mol. The van der Waals surface area contributed by atoms with E-state index in [0.29, 0.717) is 0 Å². The molecule has 0 spiro atoms. The molecule has 0 bridgehead atoms. The van der Waals surface area contributed by atoms with Gasteiger partial charge in [-0.05, 0) is 29.3 Å². The van der Waals surface area contributed by atoms with E-state index in [1.54, 1.807) is 0 Å². The van der Waals surface area contributed by atoms with Crippen LogP contribution in [0.15, 0.2) is 48.5 Å². The third-order valence-electron chi connectivity index (χ3n) is 4.87. The number of anilines is 1. The molecule has 0 amide bonds. The van der Waals surface area contributed by atoms with Crippen LogP contribution < -0.4 is 5.32 Å². The van der Waals surface area contributed by atoms with Crippen molar-refractivity contribution in [2.24, 2.45) is 0 Å². The summed E-state index contributed by atoms with van der Waals surface area (Å²) in [5.74, 6) is 0.863. The number of nitrogens with one attached hydrogen (secondary N) is 1. The van der Waals surface area contributed by atoms with Gasteiger partial charge < -0.3 is 10.1 Å². The summed E-state index contributed by atoms with van der Waals surface area (Å²) in [5.41, 5.74) is 3.15. The fourth-order valence-corrected chi connectivity index (χ4v) is 3.40. The Morgan fingerprint density at radius 1 is 1.04 bits per heavy atom. The monoisotopic (exact) mass is 348 g/mol. The molecule has 0 unspecified atom stereocenters. The summed E-state index contributed by atoms with van der Waals surface area (Å²) in [5, 5.41) is 14.8. The lowest BCUT2D eigenvalue weighted by molar-refractivity contribution is 0.0398. The molecule has 3 aromatic rings. The third-order valence-corrected chi connectivity index (χ3v) is 4.87. The van der Waals surface area contributed by atoms with E-state index in [2.05, 4.69) is 75.9 Å². The van der Waals surface area contributed by atoms with E-state index in [4.69, 9.17) is 4.74 Å². The van der Waals surface area contributed by atoms with Gasteiger partial charge in [-0.1, -0.05) is 42.5 Å². The van der Waals surface area contributed by atoms with Crippen molar-refractivity contribution in [3.63, 3.8) is 0 Å². The van der Waals surface area contributed by atoms with Gasteiger partial charge in [0.2, 0.25) is 0 Å². The lowest BCUT2D eigenvalue weighted by Crippen LogP contribution is -2.39. The van der Waals surface area contributed by atoms with Crippen molar-refractivity contribution in [2.75, 3.05) is 44.7 Å². The lowest BCUT2D eigenvalue weighted by atomic mass is 10.0. The molecule has 1 saturated heterocycles. The van der Waals surface area contributed by atoms with E-state index in [0.717, 1.165) is 62.0 Å². The normalized spacial score (nSPS) is 15.3. The largest absolute Gasteiger partial charge is 0.379 e. The van der Waals surface area contributed by atoms with Gasteiger partial charge in [0.15, 0.2) is 5.82 Å². The Balaban J connectivity index is 1.48. The Bertz CT molecular complexity index is 885. The first-order valence-electron chi connectivity index (χ1n) is 9.18. The van der Waals surface area contributed by atoms with Crippen LogP contribution >= 0.6 is 0 Å².